The number of carbonyl (C=O) groups is 2. The number of ether oxygens (including phenoxy) is 1. The molecule has 1 fully saturated rings. The third kappa shape index (κ3) is 3.60. The maximum Gasteiger partial charge on any atom is 0.321 e. The summed E-state index contributed by atoms with van der Waals surface area (Å²) in [5, 5.41) is 2.99. The van der Waals surface area contributed by atoms with Gasteiger partial charge in [-0.3, -0.25) is 4.79 Å². The largest absolute Gasteiger partial charge is 0.352 e. The van der Waals surface area contributed by atoms with Crippen molar-refractivity contribution in [3.8, 4) is 0 Å². The van der Waals surface area contributed by atoms with Crippen molar-refractivity contribution in [1.82, 2.24) is 19.4 Å². The zero-order chi connectivity index (χ0) is 20.6. The molecule has 2 aromatic rings. The molecule has 1 unspecified atom stereocenters. The predicted octanol–water partition coefficient (Wildman–Crippen LogP) is 2.20. The Morgan fingerprint density at radius 3 is 2.66 bits per heavy atom. The zero-order valence-corrected chi connectivity index (χ0v) is 17.1. The number of aromatic nitrogens is 2. The Hall–Kier alpha value is -2.87. The molecule has 3 amide bonds. The fourth-order valence-electron chi connectivity index (χ4n) is 4.13. The van der Waals surface area contributed by atoms with Crippen LogP contribution in [0.3, 0.4) is 0 Å². The summed E-state index contributed by atoms with van der Waals surface area (Å²) >= 11 is 0. The van der Waals surface area contributed by atoms with Crippen LogP contribution in [-0.4, -0.2) is 64.6 Å². The van der Waals surface area contributed by atoms with Crippen LogP contribution in [0, 0.1) is 6.92 Å². The molecule has 1 atom stereocenters. The topological polar surface area (TPSA) is 79.7 Å². The van der Waals surface area contributed by atoms with Crippen molar-refractivity contribution in [2.24, 2.45) is 0 Å². The van der Waals surface area contributed by atoms with Gasteiger partial charge in [0.15, 0.2) is 6.10 Å². The SMILES string of the molecule is Cc1ccccc1NC(=O)N1CCC2(CC1)OC(C(=O)N(C)C)Cn1ccnc12. The summed E-state index contributed by atoms with van der Waals surface area (Å²) in [4.78, 5) is 33.2. The maximum atomic E-state index is 12.7. The molecule has 154 valence electrons. The van der Waals surface area contributed by atoms with Crippen LogP contribution in [0.4, 0.5) is 10.5 Å². The van der Waals surface area contributed by atoms with Crippen LogP contribution in [-0.2, 0) is 21.7 Å². The highest BCUT2D eigenvalue weighted by atomic mass is 16.5. The van der Waals surface area contributed by atoms with Gasteiger partial charge in [0.1, 0.15) is 11.4 Å². The molecule has 29 heavy (non-hydrogen) atoms. The van der Waals surface area contributed by atoms with E-state index in [9.17, 15) is 9.59 Å². The molecule has 0 aliphatic carbocycles. The van der Waals surface area contributed by atoms with E-state index in [0.29, 0.717) is 32.5 Å². The van der Waals surface area contributed by atoms with Gasteiger partial charge >= 0.3 is 6.03 Å². The summed E-state index contributed by atoms with van der Waals surface area (Å²) in [6.45, 7) is 3.50. The van der Waals surface area contributed by atoms with Crippen LogP contribution >= 0.6 is 0 Å². The number of hydrogen-bond acceptors (Lipinski definition) is 4. The summed E-state index contributed by atoms with van der Waals surface area (Å²) in [6, 6.07) is 7.61. The highest BCUT2D eigenvalue weighted by Crippen LogP contribution is 2.40. The number of imidazole rings is 1. The number of likely N-dealkylation sites (tertiary alicyclic amines) is 1. The average Bonchev–Trinajstić information content (AvgIpc) is 3.19. The van der Waals surface area contributed by atoms with E-state index in [1.807, 2.05) is 42.0 Å². The summed E-state index contributed by atoms with van der Waals surface area (Å²) in [6.07, 6.45) is 4.30. The number of fused-ring (bicyclic) bond motifs is 2. The number of hydrogen-bond donors (Lipinski definition) is 1. The smallest absolute Gasteiger partial charge is 0.321 e. The summed E-state index contributed by atoms with van der Waals surface area (Å²) in [7, 11) is 3.47. The lowest BCUT2D eigenvalue weighted by Crippen LogP contribution is -2.55. The second-order valence-electron chi connectivity index (χ2n) is 7.97. The molecule has 1 N–H and O–H groups in total. The third-order valence-corrected chi connectivity index (χ3v) is 5.81. The van der Waals surface area contributed by atoms with Crippen molar-refractivity contribution in [3.63, 3.8) is 0 Å². The minimum Gasteiger partial charge on any atom is -0.352 e. The number of carbonyl (C=O) groups excluding carboxylic acids is 2. The first-order chi connectivity index (χ1) is 13.9. The lowest BCUT2D eigenvalue weighted by atomic mass is 9.88. The van der Waals surface area contributed by atoms with Crippen LogP contribution in [0.25, 0.3) is 0 Å². The van der Waals surface area contributed by atoms with Crippen molar-refractivity contribution in [1.29, 1.82) is 0 Å². The van der Waals surface area contributed by atoms with E-state index < -0.39 is 11.7 Å². The fourth-order valence-corrected chi connectivity index (χ4v) is 4.13. The Bertz CT molecular complexity index is 915. The second-order valence-corrected chi connectivity index (χ2v) is 7.97. The molecule has 1 saturated heterocycles. The van der Waals surface area contributed by atoms with Gasteiger partial charge < -0.3 is 24.4 Å². The van der Waals surface area contributed by atoms with Crippen LogP contribution < -0.4 is 5.32 Å². The highest BCUT2D eigenvalue weighted by Gasteiger charge is 2.47. The Labute approximate surface area is 170 Å². The minimum atomic E-state index is -0.641. The Kier molecular flexibility index (Phi) is 5.04. The first-order valence-corrected chi connectivity index (χ1v) is 9.92. The van der Waals surface area contributed by atoms with Crippen molar-refractivity contribution in [2.75, 3.05) is 32.5 Å². The second kappa shape index (κ2) is 7.51. The first-order valence-electron chi connectivity index (χ1n) is 9.92. The number of urea groups is 1. The van der Waals surface area contributed by atoms with E-state index in [0.717, 1.165) is 17.1 Å². The van der Waals surface area contributed by atoms with Crippen LogP contribution in [0.5, 0.6) is 0 Å². The monoisotopic (exact) mass is 397 g/mol. The zero-order valence-electron chi connectivity index (χ0n) is 17.1. The minimum absolute atomic E-state index is 0.0524. The summed E-state index contributed by atoms with van der Waals surface area (Å²) < 4.78 is 8.37. The van der Waals surface area contributed by atoms with E-state index in [4.69, 9.17) is 4.74 Å². The Morgan fingerprint density at radius 2 is 1.97 bits per heavy atom. The van der Waals surface area contributed by atoms with Gasteiger partial charge in [-0.05, 0) is 18.6 Å². The number of amides is 3. The average molecular weight is 397 g/mol. The summed E-state index contributed by atoms with van der Waals surface area (Å²) in [5.41, 5.74) is 1.20. The Morgan fingerprint density at radius 1 is 1.24 bits per heavy atom. The standard InChI is InChI=1S/C21H27N5O3/c1-15-6-4-5-7-16(15)23-20(28)25-11-8-21(9-12-25)19-22-10-13-26(19)14-17(29-21)18(27)24(2)3/h4-7,10,13,17H,8-9,11-12,14H2,1-3H3,(H,23,28). The van der Waals surface area contributed by atoms with Crippen molar-refractivity contribution < 1.29 is 14.3 Å². The van der Waals surface area contributed by atoms with Gasteiger partial charge in [-0.1, -0.05) is 18.2 Å². The quantitative estimate of drug-likeness (QED) is 0.843. The van der Waals surface area contributed by atoms with E-state index in [1.54, 1.807) is 30.1 Å². The fraction of sp³-hybridized carbons (Fsp3) is 0.476. The molecule has 1 aromatic carbocycles. The number of anilines is 1. The van der Waals surface area contributed by atoms with Gasteiger partial charge in [0.2, 0.25) is 0 Å². The van der Waals surface area contributed by atoms with Gasteiger partial charge in [0, 0.05) is 58.1 Å². The molecule has 0 bridgehead atoms. The lowest BCUT2D eigenvalue weighted by molar-refractivity contribution is -0.177. The Balaban J connectivity index is 1.48. The molecule has 2 aliphatic rings. The van der Waals surface area contributed by atoms with Crippen LogP contribution in [0.15, 0.2) is 36.7 Å². The van der Waals surface area contributed by atoms with Gasteiger partial charge in [0.05, 0.1) is 6.54 Å². The predicted molar refractivity (Wildman–Crippen MR) is 108 cm³/mol. The number of para-hydroxylation sites is 1. The number of rotatable bonds is 2. The van der Waals surface area contributed by atoms with E-state index in [-0.39, 0.29) is 11.9 Å². The van der Waals surface area contributed by atoms with Gasteiger partial charge in [-0.2, -0.15) is 0 Å². The molecule has 1 aromatic heterocycles. The molecule has 2 aliphatic heterocycles. The number of benzene rings is 1. The third-order valence-electron chi connectivity index (χ3n) is 5.81. The molecule has 3 heterocycles. The van der Waals surface area contributed by atoms with Crippen molar-refractivity contribution in [3.05, 3.63) is 48.0 Å². The molecular formula is C21H27N5O3. The molecule has 1 spiro atoms. The first kappa shape index (κ1) is 19.4. The number of likely N-dealkylation sites (N-methyl/N-ethyl adjacent to an activating group) is 1. The molecule has 0 saturated carbocycles. The van der Waals surface area contributed by atoms with Crippen molar-refractivity contribution in [2.45, 2.75) is 38.0 Å². The van der Waals surface area contributed by atoms with Crippen LogP contribution in [0.2, 0.25) is 0 Å². The number of nitrogens with zero attached hydrogens (tertiary/aromatic N) is 4. The lowest BCUT2D eigenvalue weighted by Gasteiger charge is -2.45. The maximum absolute atomic E-state index is 12.7. The van der Waals surface area contributed by atoms with Gasteiger partial charge in [-0.15, -0.1) is 0 Å². The number of piperidine rings is 1. The number of nitrogens with one attached hydrogen (secondary N) is 1. The van der Waals surface area contributed by atoms with E-state index >= 15 is 0 Å². The van der Waals surface area contributed by atoms with Gasteiger partial charge in [0.25, 0.3) is 5.91 Å². The molecule has 8 heteroatoms. The summed E-state index contributed by atoms with van der Waals surface area (Å²) in [5.74, 6) is 0.794. The normalized spacial score (nSPS) is 20.2. The number of aryl methyl sites for hydroxylation is 1. The molecular weight excluding hydrogens is 370 g/mol. The highest BCUT2D eigenvalue weighted by molar-refractivity contribution is 5.90. The molecule has 4 rings (SSSR count). The molecule has 8 nitrogen and oxygen atoms in total. The van der Waals surface area contributed by atoms with Gasteiger partial charge in [-0.25, -0.2) is 9.78 Å². The molecule has 0 radical (unpaired) electrons. The van der Waals surface area contributed by atoms with E-state index in [1.165, 1.54) is 0 Å². The van der Waals surface area contributed by atoms with Crippen molar-refractivity contribution >= 4 is 17.6 Å². The van der Waals surface area contributed by atoms with E-state index in [2.05, 4.69) is 10.3 Å². The van der Waals surface area contributed by atoms with Crippen LogP contribution in [0.1, 0.15) is 24.2 Å².